The third kappa shape index (κ3) is 6.55. The number of rotatable bonds is 10. The average Bonchev–Trinajstić information content (AvgIpc) is 2.47. The number of halogens is 1. The van der Waals surface area contributed by atoms with Gasteiger partial charge in [0.15, 0.2) is 0 Å². The summed E-state index contributed by atoms with van der Waals surface area (Å²) in [5, 5.41) is 13.0. The molecular formula is C18H30ClNO2. The Morgan fingerprint density at radius 3 is 2.64 bits per heavy atom. The summed E-state index contributed by atoms with van der Waals surface area (Å²) in [5.74, 6) is 0.759. The molecule has 1 aromatic carbocycles. The highest BCUT2D eigenvalue weighted by atomic mass is 35.5. The molecule has 0 aliphatic rings. The first-order valence-corrected chi connectivity index (χ1v) is 8.56. The Labute approximate surface area is 140 Å². The van der Waals surface area contributed by atoms with E-state index >= 15 is 0 Å². The van der Waals surface area contributed by atoms with Gasteiger partial charge in [0.05, 0.1) is 17.7 Å². The van der Waals surface area contributed by atoms with E-state index in [0.717, 1.165) is 31.6 Å². The molecule has 4 heteroatoms. The van der Waals surface area contributed by atoms with Crippen molar-refractivity contribution in [3.8, 4) is 5.75 Å². The molecule has 0 amide bonds. The molecule has 0 saturated carbocycles. The van der Waals surface area contributed by atoms with Crippen molar-refractivity contribution in [2.24, 2.45) is 0 Å². The van der Waals surface area contributed by atoms with Crippen LogP contribution in [0.2, 0.25) is 5.02 Å². The fourth-order valence-electron chi connectivity index (χ4n) is 2.09. The van der Waals surface area contributed by atoms with Crippen LogP contribution in [0, 0.1) is 0 Å². The van der Waals surface area contributed by atoms with Crippen molar-refractivity contribution in [1.82, 2.24) is 5.32 Å². The third-order valence-corrected chi connectivity index (χ3v) is 4.34. The molecule has 0 saturated heterocycles. The number of hydrogen-bond donors (Lipinski definition) is 2. The average molecular weight is 328 g/mol. The first-order chi connectivity index (χ1) is 10.4. The fourth-order valence-corrected chi connectivity index (χ4v) is 2.32. The summed E-state index contributed by atoms with van der Waals surface area (Å²) in [7, 11) is 0. The monoisotopic (exact) mass is 327 g/mol. The second kappa shape index (κ2) is 9.39. The van der Waals surface area contributed by atoms with Crippen LogP contribution in [0.3, 0.4) is 0 Å². The predicted molar refractivity (Wildman–Crippen MR) is 94.0 cm³/mol. The minimum Gasteiger partial charge on any atom is -0.492 e. The zero-order valence-corrected chi connectivity index (χ0v) is 15.0. The van der Waals surface area contributed by atoms with Crippen LogP contribution in [0.15, 0.2) is 18.2 Å². The predicted octanol–water partition coefficient (Wildman–Crippen LogP) is 4.16. The lowest BCUT2D eigenvalue weighted by Gasteiger charge is -2.24. The van der Waals surface area contributed by atoms with Crippen LogP contribution in [0.5, 0.6) is 5.75 Å². The standard InChI is InChI=1S/C18H30ClNO2/c1-5-18(3,4)15-8-9-17(16(19)12-15)22-11-7-6-10-20-13-14(2)21/h8-9,12,14,20-21H,5-7,10-11,13H2,1-4H3. The quantitative estimate of drug-likeness (QED) is 0.634. The van der Waals surface area contributed by atoms with E-state index in [-0.39, 0.29) is 11.5 Å². The first kappa shape index (κ1) is 19.3. The molecule has 3 nitrogen and oxygen atoms in total. The van der Waals surface area contributed by atoms with Crippen LogP contribution in [0.25, 0.3) is 0 Å². The van der Waals surface area contributed by atoms with Gasteiger partial charge in [0.2, 0.25) is 0 Å². The van der Waals surface area contributed by atoms with Gasteiger partial charge in [-0.3, -0.25) is 0 Å². The molecule has 0 heterocycles. The zero-order chi connectivity index (χ0) is 16.6. The molecule has 0 aliphatic heterocycles. The lowest BCUT2D eigenvalue weighted by atomic mass is 9.82. The Morgan fingerprint density at radius 2 is 2.05 bits per heavy atom. The molecule has 2 N–H and O–H groups in total. The van der Waals surface area contributed by atoms with Gasteiger partial charge in [-0.1, -0.05) is 38.4 Å². The molecule has 1 rings (SSSR count). The van der Waals surface area contributed by atoms with Crippen LogP contribution in [-0.2, 0) is 5.41 Å². The highest BCUT2D eigenvalue weighted by Crippen LogP contribution is 2.33. The Bertz CT molecular complexity index is 447. The number of nitrogens with one attached hydrogen (secondary N) is 1. The lowest BCUT2D eigenvalue weighted by molar-refractivity contribution is 0.191. The Balaban J connectivity index is 2.35. The summed E-state index contributed by atoms with van der Waals surface area (Å²) in [4.78, 5) is 0. The molecule has 126 valence electrons. The Hall–Kier alpha value is -0.770. The summed E-state index contributed by atoms with van der Waals surface area (Å²) < 4.78 is 5.76. The van der Waals surface area contributed by atoms with Crippen molar-refractivity contribution in [2.75, 3.05) is 19.7 Å². The van der Waals surface area contributed by atoms with E-state index in [1.54, 1.807) is 6.92 Å². The van der Waals surface area contributed by atoms with Crippen molar-refractivity contribution in [3.63, 3.8) is 0 Å². The molecule has 0 aliphatic carbocycles. The SMILES string of the molecule is CCC(C)(C)c1ccc(OCCCCNCC(C)O)c(Cl)c1. The van der Waals surface area contributed by atoms with Gasteiger partial charge in [0, 0.05) is 6.54 Å². The van der Waals surface area contributed by atoms with Crippen LogP contribution in [0.4, 0.5) is 0 Å². The van der Waals surface area contributed by atoms with E-state index in [4.69, 9.17) is 21.4 Å². The molecule has 22 heavy (non-hydrogen) atoms. The van der Waals surface area contributed by atoms with Crippen molar-refractivity contribution in [3.05, 3.63) is 28.8 Å². The van der Waals surface area contributed by atoms with Crippen molar-refractivity contribution in [1.29, 1.82) is 0 Å². The summed E-state index contributed by atoms with van der Waals surface area (Å²) in [5.41, 5.74) is 1.38. The van der Waals surface area contributed by atoms with Crippen molar-refractivity contribution < 1.29 is 9.84 Å². The fraction of sp³-hybridized carbons (Fsp3) is 0.667. The summed E-state index contributed by atoms with van der Waals surface area (Å²) in [6.45, 7) is 10.6. The summed E-state index contributed by atoms with van der Waals surface area (Å²) in [6.07, 6.45) is 2.76. The van der Waals surface area contributed by atoms with E-state index in [1.165, 1.54) is 5.56 Å². The van der Waals surface area contributed by atoms with Gasteiger partial charge in [-0.2, -0.15) is 0 Å². The van der Waals surface area contributed by atoms with E-state index in [9.17, 15) is 0 Å². The number of aliphatic hydroxyl groups excluding tert-OH is 1. The van der Waals surface area contributed by atoms with E-state index in [2.05, 4.69) is 32.2 Å². The smallest absolute Gasteiger partial charge is 0.137 e. The highest BCUT2D eigenvalue weighted by Gasteiger charge is 2.19. The third-order valence-electron chi connectivity index (χ3n) is 4.04. The van der Waals surface area contributed by atoms with Gasteiger partial charge in [-0.05, 0) is 55.8 Å². The molecular weight excluding hydrogens is 298 g/mol. The molecule has 0 fully saturated rings. The van der Waals surface area contributed by atoms with E-state index in [0.29, 0.717) is 18.2 Å². The maximum atomic E-state index is 9.13. The highest BCUT2D eigenvalue weighted by molar-refractivity contribution is 6.32. The number of benzene rings is 1. The van der Waals surface area contributed by atoms with Crippen molar-refractivity contribution >= 4 is 11.6 Å². The molecule has 0 radical (unpaired) electrons. The maximum absolute atomic E-state index is 9.13. The van der Waals surface area contributed by atoms with Gasteiger partial charge in [0.1, 0.15) is 5.75 Å². The van der Waals surface area contributed by atoms with Crippen LogP contribution in [-0.4, -0.2) is 30.9 Å². The second-order valence-electron chi connectivity index (χ2n) is 6.49. The Morgan fingerprint density at radius 1 is 1.32 bits per heavy atom. The van der Waals surface area contributed by atoms with E-state index in [1.807, 2.05) is 12.1 Å². The molecule has 1 aromatic rings. The number of aliphatic hydroxyl groups is 1. The molecule has 0 bridgehead atoms. The maximum Gasteiger partial charge on any atom is 0.137 e. The van der Waals surface area contributed by atoms with Gasteiger partial charge in [0.25, 0.3) is 0 Å². The van der Waals surface area contributed by atoms with Gasteiger partial charge >= 0.3 is 0 Å². The zero-order valence-electron chi connectivity index (χ0n) is 14.3. The molecule has 1 atom stereocenters. The molecule has 1 unspecified atom stereocenters. The van der Waals surface area contributed by atoms with Gasteiger partial charge < -0.3 is 15.2 Å². The van der Waals surface area contributed by atoms with Gasteiger partial charge in [-0.15, -0.1) is 0 Å². The molecule has 0 spiro atoms. The second-order valence-corrected chi connectivity index (χ2v) is 6.90. The minimum atomic E-state index is -0.291. The minimum absolute atomic E-state index is 0.137. The van der Waals surface area contributed by atoms with Crippen LogP contribution >= 0.6 is 11.6 Å². The van der Waals surface area contributed by atoms with Crippen LogP contribution < -0.4 is 10.1 Å². The molecule has 0 aromatic heterocycles. The topological polar surface area (TPSA) is 41.5 Å². The first-order valence-electron chi connectivity index (χ1n) is 8.18. The lowest BCUT2D eigenvalue weighted by Crippen LogP contribution is -2.25. The van der Waals surface area contributed by atoms with E-state index < -0.39 is 0 Å². The van der Waals surface area contributed by atoms with Crippen LogP contribution in [0.1, 0.15) is 52.5 Å². The Kier molecular flexibility index (Phi) is 8.23. The normalized spacial score (nSPS) is 13.2. The summed E-state index contributed by atoms with van der Waals surface area (Å²) >= 11 is 6.32. The summed E-state index contributed by atoms with van der Waals surface area (Å²) in [6, 6.07) is 6.10. The number of unbranched alkanes of at least 4 members (excludes halogenated alkanes) is 1. The van der Waals surface area contributed by atoms with Crippen molar-refractivity contribution in [2.45, 2.75) is 58.5 Å². The van der Waals surface area contributed by atoms with Gasteiger partial charge in [-0.25, -0.2) is 0 Å². The number of hydrogen-bond acceptors (Lipinski definition) is 3. The number of ether oxygens (including phenoxy) is 1. The largest absolute Gasteiger partial charge is 0.492 e.